The van der Waals surface area contributed by atoms with E-state index in [2.05, 4.69) is 26.5 Å². The van der Waals surface area contributed by atoms with Gasteiger partial charge in [0.1, 0.15) is 22.5 Å². The average Bonchev–Trinajstić information content (AvgIpc) is 3.28. The summed E-state index contributed by atoms with van der Waals surface area (Å²) in [6.07, 6.45) is 3.28. The van der Waals surface area contributed by atoms with Gasteiger partial charge in [0.25, 0.3) is 0 Å². The molecule has 0 radical (unpaired) electrons. The normalized spacial score (nSPS) is 11.9. The van der Waals surface area contributed by atoms with Crippen LogP contribution in [0.15, 0.2) is 61.1 Å². The van der Waals surface area contributed by atoms with Crippen molar-refractivity contribution >= 4 is 60.9 Å². The first kappa shape index (κ1) is 15.0. The van der Waals surface area contributed by atoms with Crippen molar-refractivity contribution in [3.8, 4) is 10.6 Å². The summed E-state index contributed by atoms with van der Waals surface area (Å²) in [4.78, 5) is 18.2. The Balaban J connectivity index is 1.82. The minimum absolute atomic E-state index is 0.691. The van der Waals surface area contributed by atoms with Gasteiger partial charge in [-0.25, -0.2) is 19.9 Å². The fraction of sp³-hybridized carbons (Fsp3) is 0. The molecule has 6 aromatic rings. The lowest BCUT2D eigenvalue weighted by atomic mass is 10.1. The quantitative estimate of drug-likeness (QED) is 0.381. The molecule has 6 rings (SSSR count). The average molecular weight is 388 g/mol. The van der Waals surface area contributed by atoms with Gasteiger partial charge >= 0.3 is 0 Å². The van der Waals surface area contributed by atoms with E-state index in [0.717, 1.165) is 48.5 Å². The van der Waals surface area contributed by atoms with Gasteiger partial charge in [0.15, 0.2) is 5.65 Å². The molecule has 0 aliphatic carbocycles. The number of nitrogens with zero attached hydrogens (tertiary/aromatic N) is 5. The smallest absolute Gasteiger partial charge is 0.168 e. The van der Waals surface area contributed by atoms with Crippen LogP contribution in [-0.4, -0.2) is 24.3 Å². The van der Waals surface area contributed by atoms with Gasteiger partial charge in [-0.2, -0.15) is 0 Å². The number of hydrogen-bond acceptors (Lipinski definition) is 5. The molecule has 0 aliphatic rings. The topological polar surface area (TPSA) is 56.0 Å². The maximum absolute atomic E-state index is 6.26. The van der Waals surface area contributed by atoms with Crippen LogP contribution in [0.3, 0.4) is 0 Å². The third kappa shape index (κ3) is 2.17. The number of benzene rings is 2. The summed E-state index contributed by atoms with van der Waals surface area (Å²) in [6, 6.07) is 16.1. The molecule has 7 heteroatoms. The van der Waals surface area contributed by atoms with Crippen molar-refractivity contribution in [3.05, 3.63) is 66.1 Å². The van der Waals surface area contributed by atoms with E-state index in [-0.39, 0.29) is 0 Å². The molecule has 0 aliphatic heterocycles. The Kier molecular flexibility index (Phi) is 3.03. The molecule has 128 valence electrons. The highest BCUT2D eigenvalue weighted by Gasteiger charge is 2.17. The molecule has 0 bridgehead atoms. The molecule has 0 saturated carbocycles. The fourth-order valence-electron chi connectivity index (χ4n) is 3.45. The molecule has 0 N–H and O–H groups in total. The van der Waals surface area contributed by atoms with Gasteiger partial charge in [0, 0.05) is 10.4 Å². The summed E-state index contributed by atoms with van der Waals surface area (Å²) in [6.45, 7) is 0. The van der Waals surface area contributed by atoms with Crippen LogP contribution in [0.4, 0.5) is 0 Å². The highest BCUT2D eigenvalue weighted by atomic mass is 35.5. The molecule has 4 heterocycles. The summed E-state index contributed by atoms with van der Waals surface area (Å²) in [5.41, 5.74) is 5.29. The Hall–Kier alpha value is -3.09. The zero-order valence-corrected chi connectivity index (χ0v) is 15.4. The predicted molar refractivity (Wildman–Crippen MR) is 109 cm³/mol. The van der Waals surface area contributed by atoms with Gasteiger partial charge in [0.05, 0.1) is 27.5 Å². The van der Waals surface area contributed by atoms with Crippen molar-refractivity contribution in [3.63, 3.8) is 0 Å². The number of thiazole rings is 1. The van der Waals surface area contributed by atoms with Gasteiger partial charge in [0.2, 0.25) is 0 Å². The first-order valence-electron chi connectivity index (χ1n) is 8.34. The van der Waals surface area contributed by atoms with Crippen molar-refractivity contribution < 1.29 is 0 Å². The Morgan fingerprint density at radius 3 is 2.78 bits per heavy atom. The summed E-state index contributed by atoms with van der Waals surface area (Å²) >= 11 is 7.92. The van der Waals surface area contributed by atoms with E-state index in [4.69, 9.17) is 21.6 Å². The van der Waals surface area contributed by atoms with Crippen molar-refractivity contribution in [1.29, 1.82) is 0 Å². The van der Waals surface area contributed by atoms with Gasteiger partial charge < -0.3 is 0 Å². The molecule has 2 aromatic carbocycles. The second-order valence-corrected chi connectivity index (χ2v) is 7.72. The van der Waals surface area contributed by atoms with Gasteiger partial charge in [-0.15, -0.1) is 11.3 Å². The third-order valence-corrected chi connectivity index (χ3v) is 5.92. The molecule has 5 nitrogen and oxygen atoms in total. The zero-order valence-electron chi connectivity index (χ0n) is 13.8. The number of halogens is 1. The van der Waals surface area contributed by atoms with Crippen LogP contribution in [0.1, 0.15) is 0 Å². The summed E-state index contributed by atoms with van der Waals surface area (Å²) in [7, 11) is 0. The van der Waals surface area contributed by atoms with E-state index in [1.165, 1.54) is 0 Å². The second kappa shape index (κ2) is 5.45. The van der Waals surface area contributed by atoms with Crippen molar-refractivity contribution in [1.82, 2.24) is 24.3 Å². The lowest BCUT2D eigenvalue weighted by Crippen LogP contribution is -1.93. The van der Waals surface area contributed by atoms with Gasteiger partial charge in [-0.05, 0) is 36.4 Å². The molecule has 0 atom stereocenters. The lowest BCUT2D eigenvalue weighted by molar-refractivity contribution is 1.17. The maximum atomic E-state index is 6.26. The number of fused-ring (bicyclic) bond motifs is 6. The third-order valence-electron chi connectivity index (χ3n) is 4.62. The molecule has 27 heavy (non-hydrogen) atoms. The van der Waals surface area contributed by atoms with E-state index in [0.29, 0.717) is 5.02 Å². The standard InChI is InChI=1S/C20H10ClN5S/c21-12-5-6-16-11(7-12)8-13(20-25-14-3-1-2-4-17(14)27-20)18-24-15-9-22-10-23-19(15)26(16)18/h1-10H. The number of rotatable bonds is 1. The van der Waals surface area contributed by atoms with E-state index in [9.17, 15) is 0 Å². The number of aromatic nitrogens is 5. The first-order valence-corrected chi connectivity index (χ1v) is 9.54. The minimum atomic E-state index is 0.691. The van der Waals surface area contributed by atoms with Gasteiger partial charge in [-0.3, -0.25) is 4.40 Å². The Labute approximate surface area is 161 Å². The van der Waals surface area contributed by atoms with E-state index in [1.807, 2.05) is 36.4 Å². The van der Waals surface area contributed by atoms with Crippen LogP contribution in [0.25, 0.3) is 48.5 Å². The van der Waals surface area contributed by atoms with E-state index >= 15 is 0 Å². The molecule has 4 aromatic heterocycles. The summed E-state index contributed by atoms with van der Waals surface area (Å²) in [5.74, 6) is 0. The molecular formula is C20H10ClN5S. The highest BCUT2D eigenvalue weighted by molar-refractivity contribution is 7.21. The summed E-state index contributed by atoms with van der Waals surface area (Å²) < 4.78 is 3.21. The maximum Gasteiger partial charge on any atom is 0.168 e. The number of imidazole rings is 1. The van der Waals surface area contributed by atoms with Crippen LogP contribution >= 0.6 is 22.9 Å². The number of para-hydroxylation sites is 1. The van der Waals surface area contributed by atoms with Gasteiger partial charge in [-0.1, -0.05) is 23.7 Å². The molecule has 0 saturated heterocycles. The second-order valence-electron chi connectivity index (χ2n) is 6.25. The predicted octanol–water partition coefficient (Wildman–Crippen LogP) is 5.36. The molecule has 0 unspecified atom stereocenters. The Bertz CT molecular complexity index is 1470. The molecule has 0 fully saturated rings. The van der Waals surface area contributed by atoms with Crippen LogP contribution in [0.5, 0.6) is 0 Å². The molecule has 0 amide bonds. The lowest BCUT2D eigenvalue weighted by Gasteiger charge is -2.07. The summed E-state index contributed by atoms with van der Waals surface area (Å²) in [5, 5.41) is 2.63. The van der Waals surface area contributed by atoms with Crippen LogP contribution < -0.4 is 0 Å². The molecular weight excluding hydrogens is 378 g/mol. The minimum Gasteiger partial charge on any atom is -0.276 e. The SMILES string of the molecule is Clc1ccc2c(c1)cc(-c1nc3ccccc3s1)c1nc3cncnc3n12. The van der Waals surface area contributed by atoms with E-state index in [1.54, 1.807) is 23.9 Å². The number of pyridine rings is 1. The Morgan fingerprint density at radius 2 is 1.85 bits per heavy atom. The van der Waals surface area contributed by atoms with Crippen molar-refractivity contribution in [2.75, 3.05) is 0 Å². The van der Waals surface area contributed by atoms with E-state index < -0.39 is 0 Å². The van der Waals surface area contributed by atoms with Crippen LogP contribution in [0.2, 0.25) is 5.02 Å². The molecule has 0 spiro atoms. The fourth-order valence-corrected chi connectivity index (χ4v) is 4.61. The highest BCUT2D eigenvalue weighted by Crippen LogP contribution is 2.36. The van der Waals surface area contributed by atoms with Crippen molar-refractivity contribution in [2.45, 2.75) is 0 Å². The zero-order chi connectivity index (χ0) is 18.0. The Morgan fingerprint density at radius 1 is 0.926 bits per heavy atom. The number of hydrogen-bond donors (Lipinski definition) is 0. The van der Waals surface area contributed by atoms with Crippen molar-refractivity contribution in [2.24, 2.45) is 0 Å². The van der Waals surface area contributed by atoms with Crippen LogP contribution in [0, 0.1) is 0 Å². The monoisotopic (exact) mass is 387 g/mol. The largest absolute Gasteiger partial charge is 0.276 e. The first-order chi connectivity index (χ1) is 13.3. The van der Waals surface area contributed by atoms with Crippen LogP contribution in [-0.2, 0) is 0 Å².